The van der Waals surface area contributed by atoms with Crippen LogP contribution < -0.4 is 10.6 Å². The van der Waals surface area contributed by atoms with Gasteiger partial charge in [-0.3, -0.25) is 19.3 Å². The summed E-state index contributed by atoms with van der Waals surface area (Å²) in [5.74, 6) is -0.230. The second-order valence-corrected chi connectivity index (χ2v) is 7.95. The predicted molar refractivity (Wildman–Crippen MR) is 119 cm³/mol. The SMILES string of the molecule is CC(=O)c1cccc(NC(=O)CCN(CC(=O)Nc2c(C)cccc2C)C2CC2)c1. The molecule has 1 aliphatic carbocycles. The van der Waals surface area contributed by atoms with Gasteiger partial charge in [-0.25, -0.2) is 0 Å². The molecule has 1 aliphatic rings. The topological polar surface area (TPSA) is 78.5 Å². The van der Waals surface area contributed by atoms with E-state index in [0.717, 1.165) is 29.7 Å². The molecule has 30 heavy (non-hydrogen) atoms. The number of Topliss-reactive ketones (excluding diaryl/α,β-unsaturated/α-hetero) is 1. The molecule has 0 heterocycles. The molecule has 6 heteroatoms. The lowest BCUT2D eigenvalue weighted by molar-refractivity contribution is -0.119. The molecule has 0 aromatic heterocycles. The molecule has 0 atom stereocenters. The summed E-state index contributed by atoms with van der Waals surface area (Å²) in [6.07, 6.45) is 2.40. The van der Waals surface area contributed by atoms with Crippen molar-refractivity contribution in [3.8, 4) is 0 Å². The van der Waals surface area contributed by atoms with Crippen molar-refractivity contribution in [2.75, 3.05) is 23.7 Å². The summed E-state index contributed by atoms with van der Waals surface area (Å²) >= 11 is 0. The Morgan fingerprint density at radius 2 is 1.63 bits per heavy atom. The number of nitrogens with zero attached hydrogens (tertiary/aromatic N) is 1. The van der Waals surface area contributed by atoms with Gasteiger partial charge in [0.15, 0.2) is 5.78 Å². The standard InChI is InChI=1S/C24H29N3O3/c1-16-6-4-7-17(2)24(16)26-23(30)15-27(21-10-11-21)13-12-22(29)25-20-9-5-8-19(14-20)18(3)28/h4-9,14,21H,10-13,15H2,1-3H3,(H,25,29)(H,26,30). The van der Waals surface area contributed by atoms with E-state index < -0.39 is 0 Å². The van der Waals surface area contributed by atoms with Crippen LogP contribution in [0.15, 0.2) is 42.5 Å². The Labute approximate surface area is 177 Å². The number of para-hydroxylation sites is 1. The number of carbonyl (C=O) groups excluding carboxylic acids is 3. The zero-order valence-electron chi connectivity index (χ0n) is 17.8. The number of anilines is 2. The Morgan fingerprint density at radius 1 is 0.967 bits per heavy atom. The van der Waals surface area contributed by atoms with Gasteiger partial charge in [-0.05, 0) is 56.9 Å². The van der Waals surface area contributed by atoms with E-state index in [1.807, 2.05) is 32.0 Å². The number of aryl methyl sites for hydroxylation is 2. The largest absolute Gasteiger partial charge is 0.326 e. The van der Waals surface area contributed by atoms with Gasteiger partial charge in [0.25, 0.3) is 0 Å². The summed E-state index contributed by atoms with van der Waals surface area (Å²) in [5, 5.41) is 5.86. The molecule has 2 aromatic carbocycles. The summed E-state index contributed by atoms with van der Waals surface area (Å²) in [7, 11) is 0. The van der Waals surface area contributed by atoms with Crippen molar-refractivity contribution in [3.63, 3.8) is 0 Å². The van der Waals surface area contributed by atoms with E-state index in [2.05, 4.69) is 15.5 Å². The Kier molecular flexibility index (Phi) is 7.00. The van der Waals surface area contributed by atoms with Crippen molar-refractivity contribution in [1.82, 2.24) is 4.90 Å². The third kappa shape index (κ3) is 6.00. The molecule has 2 amide bonds. The minimum Gasteiger partial charge on any atom is -0.326 e. The van der Waals surface area contributed by atoms with Crippen LogP contribution in [-0.2, 0) is 9.59 Å². The van der Waals surface area contributed by atoms with E-state index in [1.165, 1.54) is 6.92 Å². The third-order valence-corrected chi connectivity index (χ3v) is 5.33. The zero-order chi connectivity index (χ0) is 21.7. The van der Waals surface area contributed by atoms with Crippen LogP contribution in [0.2, 0.25) is 0 Å². The lowest BCUT2D eigenvalue weighted by atomic mass is 10.1. The molecule has 2 N–H and O–H groups in total. The van der Waals surface area contributed by atoms with Gasteiger partial charge in [-0.15, -0.1) is 0 Å². The minimum absolute atomic E-state index is 0.0408. The Morgan fingerprint density at radius 3 is 2.27 bits per heavy atom. The molecule has 0 bridgehead atoms. The second kappa shape index (κ2) is 9.67. The van der Waals surface area contributed by atoms with E-state index in [-0.39, 0.29) is 30.6 Å². The van der Waals surface area contributed by atoms with Crippen molar-refractivity contribution in [2.45, 2.75) is 46.1 Å². The monoisotopic (exact) mass is 407 g/mol. The minimum atomic E-state index is -0.128. The smallest absolute Gasteiger partial charge is 0.238 e. The highest BCUT2D eigenvalue weighted by atomic mass is 16.2. The molecule has 1 saturated carbocycles. The van der Waals surface area contributed by atoms with Gasteiger partial charge < -0.3 is 10.6 Å². The maximum absolute atomic E-state index is 12.6. The average molecular weight is 408 g/mol. The molecule has 0 radical (unpaired) electrons. The average Bonchev–Trinajstić information content (AvgIpc) is 3.53. The van der Waals surface area contributed by atoms with Crippen LogP contribution >= 0.6 is 0 Å². The van der Waals surface area contributed by atoms with E-state index in [0.29, 0.717) is 23.8 Å². The van der Waals surface area contributed by atoms with Gasteiger partial charge >= 0.3 is 0 Å². The van der Waals surface area contributed by atoms with Crippen LogP contribution in [0.1, 0.15) is 47.7 Å². The molecule has 0 spiro atoms. The van der Waals surface area contributed by atoms with Crippen molar-refractivity contribution >= 4 is 29.0 Å². The first kappa shape index (κ1) is 21.7. The normalized spacial score (nSPS) is 13.2. The van der Waals surface area contributed by atoms with Gasteiger partial charge in [0.05, 0.1) is 6.54 Å². The molecule has 6 nitrogen and oxygen atoms in total. The Balaban J connectivity index is 1.53. The maximum atomic E-state index is 12.6. The number of carbonyl (C=O) groups is 3. The van der Waals surface area contributed by atoms with Crippen LogP contribution in [0.3, 0.4) is 0 Å². The van der Waals surface area contributed by atoms with Gasteiger partial charge in [0, 0.05) is 35.9 Å². The number of hydrogen-bond acceptors (Lipinski definition) is 4. The molecule has 0 saturated heterocycles. The van der Waals surface area contributed by atoms with E-state index in [1.54, 1.807) is 24.3 Å². The number of hydrogen-bond donors (Lipinski definition) is 2. The fraction of sp³-hybridized carbons (Fsp3) is 0.375. The summed E-state index contributed by atoms with van der Waals surface area (Å²) in [6, 6.07) is 13.2. The first-order chi connectivity index (χ1) is 14.3. The Hall–Kier alpha value is -2.99. The lowest BCUT2D eigenvalue weighted by Gasteiger charge is -2.22. The predicted octanol–water partition coefficient (Wildman–Crippen LogP) is 3.94. The van der Waals surface area contributed by atoms with Crippen LogP contribution in [0.25, 0.3) is 0 Å². The second-order valence-electron chi connectivity index (χ2n) is 7.95. The van der Waals surface area contributed by atoms with Gasteiger partial charge in [-0.1, -0.05) is 30.3 Å². The zero-order valence-corrected chi connectivity index (χ0v) is 17.8. The summed E-state index contributed by atoms with van der Waals surface area (Å²) < 4.78 is 0. The summed E-state index contributed by atoms with van der Waals surface area (Å²) in [5.41, 5.74) is 4.11. The number of nitrogens with one attached hydrogen (secondary N) is 2. The van der Waals surface area contributed by atoms with Gasteiger partial charge in [0.1, 0.15) is 0 Å². The van der Waals surface area contributed by atoms with Crippen LogP contribution in [0.5, 0.6) is 0 Å². The molecule has 158 valence electrons. The number of amides is 2. The first-order valence-corrected chi connectivity index (χ1v) is 10.3. The van der Waals surface area contributed by atoms with Crippen molar-refractivity contribution in [1.29, 1.82) is 0 Å². The van der Waals surface area contributed by atoms with Crippen molar-refractivity contribution in [2.24, 2.45) is 0 Å². The van der Waals surface area contributed by atoms with Crippen molar-refractivity contribution < 1.29 is 14.4 Å². The fourth-order valence-electron chi connectivity index (χ4n) is 3.49. The molecule has 0 unspecified atom stereocenters. The van der Waals surface area contributed by atoms with Crippen LogP contribution in [-0.4, -0.2) is 41.6 Å². The maximum Gasteiger partial charge on any atom is 0.238 e. The quantitative estimate of drug-likeness (QED) is 0.617. The number of rotatable bonds is 9. The summed E-state index contributed by atoms with van der Waals surface area (Å²) in [4.78, 5) is 38.6. The number of benzene rings is 2. The van der Waals surface area contributed by atoms with Gasteiger partial charge in [-0.2, -0.15) is 0 Å². The van der Waals surface area contributed by atoms with E-state index in [4.69, 9.17) is 0 Å². The molecule has 2 aromatic rings. The Bertz CT molecular complexity index is 930. The molecular weight excluding hydrogens is 378 g/mol. The summed E-state index contributed by atoms with van der Waals surface area (Å²) in [6.45, 7) is 6.24. The van der Waals surface area contributed by atoms with E-state index >= 15 is 0 Å². The molecule has 1 fully saturated rings. The van der Waals surface area contributed by atoms with Crippen LogP contribution in [0, 0.1) is 13.8 Å². The highest BCUT2D eigenvalue weighted by molar-refractivity contribution is 5.97. The molecule has 3 rings (SSSR count). The van der Waals surface area contributed by atoms with Crippen molar-refractivity contribution in [3.05, 3.63) is 59.2 Å². The number of ketones is 1. The fourth-order valence-corrected chi connectivity index (χ4v) is 3.49. The first-order valence-electron chi connectivity index (χ1n) is 10.3. The van der Waals surface area contributed by atoms with E-state index in [9.17, 15) is 14.4 Å². The van der Waals surface area contributed by atoms with Crippen LogP contribution in [0.4, 0.5) is 11.4 Å². The highest BCUT2D eigenvalue weighted by Gasteiger charge is 2.30. The van der Waals surface area contributed by atoms with Gasteiger partial charge in [0.2, 0.25) is 11.8 Å². The molecule has 0 aliphatic heterocycles. The molecular formula is C24H29N3O3. The lowest BCUT2D eigenvalue weighted by Crippen LogP contribution is -2.37. The third-order valence-electron chi connectivity index (χ3n) is 5.33. The highest BCUT2D eigenvalue weighted by Crippen LogP contribution is 2.27.